The Morgan fingerprint density at radius 2 is 2.29 bits per heavy atom. The van der Waals surface area contributed by atoms with Crippen molar-refractivity contribution in [3.63, 3.8) is 0 Å². The Hall–Kier alpha value is -1.06. The first-order valence-corrected chi connectivity index (χ1v) is 6.26. The Balaban J connectivity index is 2.19. The van der Waals surface area contributed by atoms with Crippen LogP contribution in [0.15, 0.2) is 18.2 Å². The van der Waals surface area contributed by atoms with Crippen LogP contribution in [0.25, 0.3) is 0 Å². The van der Waals surface area contributed by atoms with Crippen LogP contribution < -0.4 is 10.2 Å². The summed E-state index contributed by atoms with van der Waals surface area (Å²) in [6.45, 7) is 5.17. The lowest BCUT2D eigenvalue weighted by Gasteiger charge is -2.22. The number of anilines is 1. The molecule has 1 aromatic carbocycles. The summed E-state index contributed by atoms with van der Waals surface area (Å²) in [5, 5.41) is 3.24. The fraction of sp³-hybridized carbons (Fsp3) is 0.571. The average molecular weight is 234 g/mol. The summed E-state index contributed by atoms with van der Waals surface area (Å²) in [6.07, 6.45) is 1.52. The topological polar surface area (TPSA) is 24.5 Å². The van der Waals surface area contributed by atoms with Gasteiger partial charge in [-0.3, -0.25) is 0 Å². The number of rotatable bonds is 4. The highest BCUT2D eigenvalue weighted by molar-refractivity contribution is 5.55. The zero-order valence-corrected chi connectivity index (χ0v) is 11.0. The SMILES string of the molecule is CNCc1cc(C)ccc1N1CCC(OC)C1. The molecule has 1 aromatic rings. The summed E-state index contributed by atoms with van der Waals surface area (Å²) in [6, 6.07) is 6.70. The Kier molecular flexibility index (Phi) is 4.02. The molecule has 1 N–H and O–H groups in total. The molecule has 0 spiro atoms. The van der Waals surface area contributed by atoms with Crippen LogP contribution in [-0.4, -0.2) is 33.4 Å². The average Bonchev–Trinajstić information content (AvgIpc) is 2.78. The van der Waals surface area contributed by atoms with Gasteiger partial charge >= 0.3 is 0 Å². The lowest BCUT2D eigenvalue weighted by atomic mass is 10.1. The van der Waals surface area contributed by atoms with Gasteiger partial charge in [-0.2, -0.15) is 0 Å². The molecule has 0 bridgehead atoms. The summed E-state index contributed by atoms with van der Waals surface area (Å²) in [5.74, 6) is 0. The van der Waals surface area contributed by atoms with E-state index in [-0.39, 0.29) is 0 Å². The number of nitrogens with one attached hydrogen (secondary N) is 1. The van der Waals surface area contributed by atoms with Crippen LogP contribution >= 0.6 is 0 Å². The second-order valence-electron chi connectivity index (χ2n) is 4.75. The van der Waals surface area contributed by atoms with Gasteiger partial charge in [0.2, 0.25) is 0 Å². The molecule has 0 aromatic heterocycles. The van der Waals surface area contributed by atoms with E-state index in [0.29, 0.717) is 6.10 Å². The molecule has 17 heavy (non-hydrogen) atoms. The Morgan fingerprint density at radius 1 is 1.47 bits per heavy atom. The molecular weight excluding hydrogens is 212 g/mol. The van der Waals surface area contributed by atoms with Crippen molar-refractivity contribution in [2.45, 2.75) is 26.0 Å². The van der Waals surface area contributed by atoms with Gasteiger partial charge < -0.3 is 15.0 Å². The molecule has 1 unspecified atom stereocenters. The molecule has 3 nitrogen and oxygen atoms in total. The number of methoxy groups -OCH3 is 1. The lowest BCUT2D eigenvalue weighted by molar-refractivity contribution is 0.121. The number of hydrogen-bond acceptors (Lipinski definition) is 3. The maximum Gasteiger partial charge on any atom is 0.0762 e. The van der Waals surface area contributed by atoms with E-state index < -0.39 is 0 Å². The largest absolute Gasteiger partial charge is 0.380 e. The molecule has 2 rings (SSSR count). The maximum atomic E-state index is 5.43. The molecule has 0 amide bonds. The molecule has 1 saturated heterocycles. The first-order chi connectivity index (χ1) is 8.24. The van der Waals surface area contributed by atoms with E-state index >= 15 is 0 Å². The third-order valence-corrected chi connectivity index (χ3v) is 3.42. The molecular formula is C14H22N2O. The summed E-state index contributed by atoms with van der Waals surface area (Å²) in [4.78, 5) is 2.43. The quantitative estimate of drug-likeness (QED) is 0.861. The van der Waals surface area contributed by atoms with Gasteiger partial charge in [-0.05, 0) is 32.0 Å². The molecule has 3 heteroatoms. The van der Waals surface area contributed by atoms with Crippen LogP contribution in [-0.2, 0) is 11.3 Å². The van der Waals surface area contributed by atoms with E-state index in [1.165, 1.54) is 16.8 Å². The van der Waals surface area contributed by atoms with Gasteiger partial charge in [-0.15, -0.1) is 0 Å². The second-order valence-corrected chi connectivity index (χ2v) is 4.75. The fourth-order valence-corrected chi connectivity index (χ4v) is 2.49. The molecule has 0 saturated carbocycles. The third-order valence-electron chi connectivity index (χ3n) is 3.42. The van der Waals surface area contributed by atoms with E-state index in [9.17, 15) is 0 Å². The Labute approximate surface area is 104 Å². The van der Waals surface area contributed by atoms with Crippen LogP contribution in [0.4, 0.5) is 5.69 Å². The number of ether oxygens (including phenoxy) is 1. The zero-order valence-electron chi connectivity index (χ0n) is 11.0. The van der Waals surface area contributed by atoms with Gasteiger partial charge in [0, 0.05) is 32.4 Å². The van der Waals surface area contributed by atoms with E-state index in [2.05, 4.69) is 35.3 Å². The zero-order chi connectivity index (χ0) is 12.3. The highest BCUT2D eigenvalue weighted by atomic mass is 16.5. The monoisotopic (exact) mass is 234 g/mol. The van der Waals surface area contributed by atoms with Crippen molar-refractivity contribution in [3.05, 3.63) is 29.3 Å². The molecule has 1 atom stereocenters. The Morgan fingerprint density at radius 3 is 2.94 bits per heavy atom. The van der Waals surface area contributed by atoms with E-state index in [1.54, 1.807) is 7.11 Å². The third kappa shape index (κ3) is 2.79. The van der Waals surface area contributed by atoms with Crippen LogP contribution in [0.5, 0.6) is 0 Å². The van der Waals surface area contributed by atoms with Crippen LogP contribution in [0.1, 0.15) is 17.5 Å². The highest BCUT2D eigenvalue weighted by Gasteiger charge is 2.23. The van der Waals surface area contributed by atoms with Gasteiger partial charge in [-0.1, -0.05) is 17.7 Å². The van der Waals surface area contributed by atoms with Crippen molar-refractivity contribution in [1.82, 2.24) is 5.32 Å². The lowest BCUT2D eigenvalue weighted by Crippen LogP contribution is -2.24. The normalized spacial score (nSPS) is 19.9. The number of hydrogen-bond donors (Lipinski definition) is 1. The standard InChI is InChI=1S/C14H22N2O/c1-11-4-5-14(12(8-11)9-15-2)16-7-6-13(10-16)17-3/h4-5,8,13,15H,6-7,9-10H2,1-3H3. The summed E-state index contributed by atoms with van der Waals surface area (Å²) >= 11 is 0. The van der Waals surface area contributed by atoms with Crippen LogP contribution in [0, 0.1) is 6.92 Å². The molecule has 94 valence electrons. The molecule has 1 heterocycles. The minimum Gasteiger partial charge on any atom is -0.380 e. The maximum absolute atomic E-state index is 5.43. The van der Waals surface area contributed by atoms with Crippen LogP contribution in [0.3, 0.4) is 0 Å². The fourth-order valence-electron chi connectivity index (χ4n) is 2.49. The van der Waals surface area contributed by atoms with Gasteiger partial charge in [0.05, 0.1) is 6.10 Å². The summed E-state index contributed by atoms with van der Waals surface area (Å²) < 4.78 is 5.43. The van der Waals surface area contributed by atoms with Crippen molar-refractivity contribution in [2.75, 3.05) is 32.1 Å². The highest BCUT2D eigenvalue weighted by Crippen LogP contribution is 2.26. The van der Waals surface area contributed by atoms with E-state index in [0.717, 1.165) is 26.1 Å². The van der Waals surface area contributed by atoms with Gasteiger partial charge in [0.25, 0.3) is 0 Å². The predicted octanol–water partition coefficient (Wildman–Crippen LogP) is 1.94. The summed E-state index contributed by atoms with van der Waals surface area (Å²) in [7, 11) is 3.80. The minimum atomic E-state index is 0.388. The van der Waals surface area contributed by atoms with Crippen molar-refractivity contribution < 1.29 is 4.74 Å². The van der Waals surface area contributed by atoms with Gasteiger partial charge in [-0.25, -0.2) is 0 Å². The van der Waals surface area contributed by atoms with Gasteiger partial charge in [0.1, 0.15) is 0 Å². The van der Waals surface area contributed by atoms with Crippen molar-refractivity contribution in [2.24, 2.45) is 0 Å². The number of benzene rings is 1. The molecule has 1 aliphatic rings. The Bertz CT molecular complexity index is 378. The smallest absolute Gasteiger partial charge is 0.0762 e. The molecule has 1 aliphatic heterocycles. The van der Waals surface area contributed by atoms with E-state index in [4.69, 9.17) is 4.74 Å². The second kappa shape index (κ2) is 5.52. The number of aryl methyl sites for hydroxylation is 1. The first-order valence-electron chi connectivity index (χ1n) is 6.26. The first kappa shape index (κ1) is 12.4. The minimum absolute atomic E-state index is 0.388. The summed E-state index contributed by atoms with van der Waals surface area (Å²) in [5.41, 5.74) is 4.05. The predicted molar refractivity (Wildman–Crippen MR) is 71.6 cm³/mol. The van der Waals surface area contributed by atoms with Gasteiger partial charge in [0.15, 0.2) is 0 Å². The molecule has 0 radical (unpaired) electrons. The van der Waals surface area contributed by atoms with Crippen molar-refractivity contribution in [1.29, 1.82) is 0 Å². The van der Waals surface area contributed by atoms with Crippen LogP contribution in [0.2, 0.25) is 0 Å². The van der Waals surface area contributed by atoms with Crippen molar-refractivity contribution in [3.8, 4) is 0 Å². The number of nitrogens with zero attached hydrogens (tertiary/aromatic N) is 1. The molecule has 1 fully saturated rings. The molecule has 0 aliphatic carbocycles. The van der Waals surface area contributed by atoms with Crippen molar-refractivity contribution >= 4 is 5.69 Å². The van der Waals surface area contributed by atoms with E-state index in [1.807, 2.05) is 7.05 Å².